The Morgan fingerprint density at radius 2 is 2.00 bits per heavy atom. The molecule has 0 aromatic heterocycles. The largest absolute Gasteiger partial charge is 0.469 e. The number of aryl methyl sites for hydroxylation is 1. The van der Waals surface area contributed by atoms with Gasteiger partial charge >= 0.3 is 13.6 Å². The molecule has 1 aliphatic rings. The summed E-state index contributed by atoms with van der Waals surface area (Å²) in [6.45, 7) is 3.96. The highest BCUT2D eigenvalue weighted by atomic mass is 31.2. The van der Waals surface area contributed by atoms with Crippen molar-refractivity contribution in [2.45, 2.75) is 39.2 Å². The van der Waals surface area contributed by atoms with Crippen LogP contribution in [-0.2, 0) is 34.4 Å². The summed E-state index contributed by atoms with van der Waals surface area (Å²) in [6, 6.07) is 9.90. The van der Waals surface area contributed by atoms with E-state index in [4.69, 9.17) is 9.05 Å². The molecule has 0 bridgehead atoms. The van der Waals surface area contributed by atoms with Gasteiger partial charge in [0.25, 0.3) is 0 Å². The third kappa shape index (κ3) is 6.45. The van der Waals surface area contributed by atoms with E-state index >= 15 is 0 Å². The van der Waals surface area contributed by atoms with Crippen LogP contribution < -0.4 is 5.32 Å². The summed E-state index contributed by atoms with van der Waals surface area (Å²) in [7, 11) is -2.06. The van der Waals surface area contributed by atoms with Gasteiger partial charge in [0, 0.05) is 12.0 Å². The van der Waals surface area contributed by atoms with Crippen molar-refractivity contribution in [3.63, 3.8) is 0 Å². The molecule has 1 aliphatic heterocycles. The van der Waals surface area contributed by atoms with Crippen molar-refractivity contribution in [3.8, 4) is 0 Å². The molecular weight excluding hydrogens is 369 g/mol. The fourth-order valence-corrected chi connectivity index (χ4v) is 4.87. The molecule has 2 rings (SSSR count). The lowest BCUT2D eigenvalue weighted by molar-refractivity contribution is -0.141. The molecule has 1 N–H and O–H groups in total. The van der Waals surface area contributed by atoms with Gasteiger partial charge < -0.3 is 14.6 Å². The highest BCUT2D eigenvalue weighted by molar-refractivity contribution is 7.53. The Balaban J connectivity index is 1.91. The summed E-state index contributed by atoms with van der Waals surface area (Å²) >= 11 is 0. The predicted molar refractivity (Wildman–Crippen MR) is 101 cm³/mol. The number of benzene rings is 1. The third-order valence-electron chi connectivity index (χ3n) is 4.44. The van der Waals surface area contributed by atoms with Crippen molar-refractivity contribution in [2.24, 2.45) is 5.41 Å². The average Bonchev–Trinajstić information content (AvgIpc) is 2.64. The molecule has 7 nitrogen and oxygen atoms in total. The molecule has 0 spiro atoms. The van der Waals surface area contributed by atoms with Crippen molar-refractivity contribution in [1.29, 1.82) is 0 Å². The monoisotopic (exact) mass is 397 g/mol. The Morgan fingerprint density at radius 1 is 1.30 bits per heavy atom. The second-order valence-electron chi connectivity index (χ2n) is 7.29. The molecule has 150 valence electrons. The number of esters is 1. The Bertz CT molecular complexity index is 691. The van der Waals surface area contributed by atoms with E-state index < -0.39 is 31.0 Å². The number of hydrogen-bond acceptors (Lipinski definition) is 6. The molecule has 1 fully saturated rings. The average molecular weight is 397 g/mol. The molecule has 8 heteroatoms. The Morgan fingerprint density at radius 3 is 2.67 bits per heavy atom. The highest BCUT2D eigenvalue weighted by Gasteiger charge is 2.47. The number of ether oxygens (including phenoxy) is 1. The van der Waals surface area contributed by atoms with Gasteiger partial charge in [-0.1, -0.05) is 44.2 Å². The number of carbonyl (C=O) groups excluding carboxylic acids is 2. The first kappa shape index (κ1) is 21.6. The normalized spacial score (nSPS) is 24.2. The van der Waals surface area contributed by atoms with Crippen LogP contribution in [0.1, 0.15) is 32.3 Å². The smallest absolute Gasteiger partial charge is 0.331 e. The Kier molecular flexibility index (Phi) is 7.59. The maximum Gasteiger partial charge on any atom is 0.331 e. The van der Waals surface area contributed by atoms with E-state index in [1.807, 2.05) is 44.2 Å². The van der Waals surface area contributed by atoms with Gasteiger partial charge in [-0.3, -0.25) is 18.7 Å². The number of amides is 1. The van der Waals surface area contributed by atoms with Crippen LogP contribution in [0.25, 0.3) is 0 Å². The van der Waals surface area contributed by atoms with E-state index in [9.17, 15) is 14.2 Å². The first-order chi connectivity index (χ1) is 12.8. The first-order valence-corrected chi connectivity index (χ1v) is 10.8. The molecule has 1 amide bonds. The van der Waals surface area contributed by atoms with Crippen molar-refractivity contribution < 1.29 is 27.9 Å². The highest BCUT2D eigenvalue weighted by Crippen LogP contribution is 2.56. The fraction of sp³-hybridized carbons (Fsp3) is 0.579. The zero-order valence-electron chi connectivity index (χ0n) is 16.1. The summed E-state index contributed by atoms with van der Waals surface area (Å²) in [6.07, 6.45) is 0.825. The summed E-state index contributed by atoms with van der Waals surface area (Å²) in [5.41, 5.74) is 0.529. The van der Waals surface area contributed by atoms with Crippen LogP contribution in [0.4, 0.5) is 0 Å². The quantitative estimate of drug-likeness (QED) is 0.536. The van der Waals surface area contributed by atoms with Gasteiger partial charge in [0.05, 0.1) is 26.3 Å². The number of nitrogens with one attached hydrogen (secondary N) is 1. The van der Waals surface area contributed by atoms with E-state index in [1.165, 1.54) is 7.11 Å². The molecule has 1 unspecified atom stereocenters. The lowest BCUT2D eigenvalue weighted by atomic mass is 9.87. The molecule has 0 aliphatic carbocycles. The summed E-state index contributed by atoms with van der Waals surface area (Å²) in [5, 5.41) is 2.65. The molecule has 1 aromatic rings. The zero-order valence-corrected chi connectivity index (χ0v) is 17.0. The van der Waals surface area contributed by atoms with Crippen LogP contribution >= 0.6 is 7.60 Å². The Hall–Kier alpha value is -1.69. The second-order valence-corrected chi connectivity index (χ2v) is 9.43. The summed E-state index contributed by atoms with van der Waals surface area (Å²) < 4.78 is 28.7. The molecule has 1 saturated heterocycles. The third-order valence-corrected chi connectivity index (χ3v) is 6.36. The predicted octanol–water partition coefficient (Wildman–Crippen LogP) is 2.93. The molecule has 27 heavy (non-hydrogen) atoms. The lowest BCUT2D eigenvalue weighted by Crippen LogP contribution is -2.50. The van der Waals surface area contributed by atoms with Gasteiger partial charge in [0.2, 0.25) is 5.91 Å². The van der Waals surface area contributed by atoms with Gasteiger partial charge in [-0.25, -0.2) is 0 Å². The molecule has 0 saturated carbocycles. The van der Waals surface area contributed by atoms with Gasteiger partial charge in [-0.15, -0.1) is 0 Å². The molecular formula is C19H28NO6P. The van der Waals surface area contributed by atoms with E-state index in [2.05, 4.69) is 10.1 Å². The topological polar surface area (TPSA) is 90.9 Å². The van der Waals surface area contributed by atoms with E-state index in [0.29, 0.717) is 6.42 Å². The minimum Gasteiger partial charge on any atom is -0.469 e. The minimum atomic E-state index is -3.35. The van der Waals surface area contributed by atoms with E-state index in [1.54, 1.807) is 0 Å². The number of methoxy groups -OCH3 is 1. The SMILES string of the molecule is COC(=O)CCNC(=O)[C@@H]1OP(=O)(CCCc2ccccc2)OCC1(C)C. The lowest BCUT2D eigenvalue weighted by Gasteiger charge is -2.40. The second kappa shape index (κ2) is 9.49. The van der Waals surface area contributed by atoms with Crippen molar-refractivity contribution in [1.82, 2.24) is 5.32 Å². The Labute approximate surface area is 160 Å². The maximum atomic E-state index is 13.0. The van der Waals surface area contributed by atoms with Gasteiger partial charge in [-0.05, 0) is 18.4 Å². The molecule has 2 atom stereocenters. The van der Waals surface area contributed by atoms with Gasteiger partial charge in [0.15, 0.2) is 6.10 Å². The van der Waals surface area contributed by atoms with E-state index in [-0.39, 0.29) is 25.7 Å². The maximum absolute atomic E-state index is 13.0. The molecule has 0 radical (unpaired) electrons. The van der Waals surface area contributed by atoms with Crippen LogP contribution in [0.15, 0.2) is 30.3 Å². The van der Waals surface area contributed by atoms with Crippen LogP contribution in [0, 0.1) is 5.41 Å². The van der Waals surface area contributed by atoms with Crippen LogP contribution in [0.2, 0.25) is 0 Å². The zero-order chi connectivity index (χ0) is 19.9. The van der Waals surface area contributed by atoms with Crippen LogP contribution in [0.5, 0.6) is 0 Å². The standard InChI is InChI=1S/C19H28NO6P/c1-19(2)14-25-27(23,13-7-10-15-8-5-4-6-9-15)26-17(19)18(22)20-12-11-16(21)24-3/h4-6,8-9,17H,7,10-14H2,1-3H3,(H,20,22)/t17-,27?/m0/s1. The first-order valence-electron chi connectivity index (χ1n) is 9.06. The van der Waals surface area contributed by atoms with Gasteiger partial charge in [0.1, 0.15) is 0 Å². The number of rotatable bonds is 8. The van der Waals surface area contributed by atoms with Crippen molar-refractivity contribution >= 4 is 19.5 Å². The van der Waals surface area contributed by atoms with Crippen LogP contribution in [-0.4, -0.2) is 44.4 Å². The number of carbonyl (C=O) groups is 2. The molecule has 1 aromatic carbocycles. The van der Waals surface area contributed by atoms with Crippen molar-refractivity contribution in [3.05, 3.63) is 35.9 Å². The van der Waals surface area contributed by atoms with Crippen molar-refractivity contribution in [2.75, 3.05) is 26.4 Å². The molecule has 1 heterocycles. The van der Waals surface area contributed by atoms with Gasteiger partial charge in [-0.2, -0.15) is 0 Å². The van der Waals surface area contributed by atoms with E-state index in [0.717, 1.165) is 12.0 Å². The number of hydrogen-bond donors (Lipinski definition) is 1. The fourth-order valence-electron chi connectivity index (χ4n) is 2.80. The minimum absolute atomic E-state index is 0.0701. The van der Waals surface area contributed by atoms with Crippen LogP contribution in [0.3, 0.4) is 0 Å². The summed E-state index contributed by atoms with van der Waals surface area (Å²) in [4.78, 5) is 23.7. The summed E-state index contributed by atoms with van der Waals surface area (Å²) in [5.74, 6) is -0.801.